The standard InChI is InChI=1S/C19H22N8O3S2/c1-22-9-2-10-30-13-5-8-15-16(11-13)31-19(24-15)27-17(20)25-18(26-27)23-12-3-6-14(7-4-12)32(21,28)29/h3-8,11,22H,2,9-10H2,1H3,(H2,21,28,29)(H3,20,23,25,26). The van der Waals surface area contributed by atoms with Gasteiger partial charge in [0.25, 0.3) is 0 Å². The fourth-order valence-electron chi connectivity index (χ4n) is 2.89. The average molecular weight is 475 g/mol. The van der Waals surface area contributed by atoms with Crippen LogP contribution in [0.4, 0.5) is 17.6 Å². The third kappa shape index (κ3) is 4.96. The number of hydrogen-bond acceptors (Lipinski definition) is 10. The van der Waals surface area contributed by atoms with E-state index in [2.05, 4.69) is 25.7 Å². The number of aromatic nitrogens is 4. The molecular weight excluding hydrogens is 452 g/mol. The van der Waals surface area contributed by atoms with Gasteiger partial charge in [0.2, 0.25) is 27.1 Å². The third-order valence-corrected chi connectivity index (χ3v) is 6.36. The first-order chi connectivity index (χ1) is 15.3. The lowest BCUT2D eigenvalue weighted by Gasteiger charge is -2.05. The Bertz CT molecular complexity index is 1330. The number of anilines is 3. The molecule has 2 aromatic carbocycles. The molecule has 32 heavy (non-hydrogen) atoms. The molecule has 2 aromatic heterocycles. The fraction of sp³-hybridized carbons (Fsp3) is 0.211. The molecule has 0 unspecified atom stereocenters. The van der Waals surface area contributed by atoms with E-state index in [-0.39, 0.29) is 16.8 Å². The zero-order chi connectivity index (χ0) is 22.7. The predicted octanol–water partition coefficient (Wildman–Crippen LogP) is 1.84. The number of fused-ring (bicyclic) bond motifs is 1. The van der Waals surface area contributed by atoms with Crippen LogP contribution in [0.3, 0.4) is 0 Å². The molecule has 0 spiro atoms. The molecule has 0 aliphatic carbocycles. The van der Waals surface area contributed by atoms with Crippen LogP contribution in [-0.4, -0.2) is 48.4 Å². The molecule has 4 rings (SSSR count). The minimum absolute atomic E-state index is 0.0147. The van der Waals surface area contributed by atoms with Gasteiger partial charge in [0.15, 0.2) is 0 Å². The minimum atomic E-state index is -3.76. The van der Waals surface area contributed by atoms with E-state index in [1.807, 2.05) is 25.2 Å². The Kier molecular flexibility index (Phi) is 6.23. The smallest absolute Gasteiger partial charge is 0.248 e. The normalized spacial score (nSPS) is 11.7. The van der Waals surface area contributed by atoms with Crippen LogP contribution >= 0.6 is 11.3 Å². The number of hydrogen-bond donors (Lipinski definition) is 4. The Morgan fingerprint density at radius 1 is 1.16 bits per heavy atom. The van der Waals surface area contributed by atoms with Crippen LogP contribution in [0.1, 0.15) is 6.42 Å². The minimum Gasteiger partial charge on any atom is -0.493 e. The van der Waals surface area contributed by atoms with E-state index in [0.29, 0.717) is 17.4 Å². The maximum atomic E-state index is 11.4. The fourth-order valence-corrected chi connectivity index (χ4v) is 4.36. The van der Waals surface area contributed by atoms with E-state index in [4.69, 9.17) is 15.6 Å². The summed E-state index contributed by atoms with van der Waals surface area (Å²) in [5, 5.41) is 16.1. The molecule has 11 nitrogen and oxygen atoms in total. The zero-order valence-corrected chi connectivity index (χ0v) is 18.8. The molecule has 0 saturated carbocycles. The Morgan fingerprint density at radius 3 is 2.66 bits per heavy atom. The lowest BCUT2D eigenvalue weighted by Crippen LogP contribution is -2.11. The molecule has 4 aromatic rings. The van der Waals surface area contributed by atoms with Crippen LogP contribution in [0.5, 0.6) is 5.75 Å². The average Bonchev–Trinajstić information content (AvgIpc) is 3.33. The lowest BCUT2D eigenvalue weighted by atomic mass is 10.3. The highest BCUT2D eigenvalue weighted by atomic mass is 32.2. The summed E-state index contributed by atoms with van der Waals surface area (Å²) in [5.41, 5.74) is 7.43. The summed E-state index contributed by atoms with van der Waals surface area (Å²) in [6.45, 7) is 1.52. The summed E-state index contributed by atoms with van der Waals surface area (Å²) in [7, 11) is -1.85. The van der Waals surface area contributed by atoms with Crippen molar-refractivity contribution in [2.24, 2.45) is 5.14 Å². The molecule has 13 heteroatoms. The summed E-state index contributed by atoms with van der Waals surface area (Å²) in [6.07, 6.45) is 0.915. The number of nitrogen functional groups attached to an aromatic ring is 1. The van der Waals surface area contributed by atoms with Crippen LogP contribution in [0, 0.1) is 0 Å². The molecule has 168 valence electrons. The second-order valence-corrected chi connectivity index (χ2v) is 9.40. The molecule has 0 atom stereocenters. The number of rotatable bonds is 9. The second kappa shape index (κ2) is 9.08. The number of thiazole rings is 1. The molecule has 0 saturated heterocycles. The topological polar surface area (TPSA) is 163 Å². The summed E-state index contributed by atoms with van der Waals surface area (Å²) in [5.74, 6) is 1.19. The van der Waals surface area contributed by atoms with E-state index in [0.717, 1.165) is 28.9 Å². The summed E-state index contributed by atoms with van der Waals surface area (Å²) < 4.78 is 30.9. The van der Waals surface area contributed by atoms with Gasteiger partial charge in [0.1, 0.15) is 5.75 Å². The largest absolute Gasteiger partial charge is 0.493 e. The van der Waals surface area contributed by atoms with Crippen LogP contribution in [0.25, 0.3) is 15.3 Å². The molecule has 2 heterocycles. The molecular formula is C19H22N8O3S2. The second-order valence-electron chi connectivity index (χ2n) is 6.83. The SMILES string of the molecule is CNCCCOc1ccc2nc(-n3nc(Nc4ccc(S(N)(=O)=O)cc4)nc3N)sc2c1. The van der Waals surface area contributed by atoms with E-state index in [9.17, 15) is 8.42 Å². The molecule has 0 aliphatic heterocycles. The van der Waals surface area contributed by atoms with Gasteiger partial charge in [-0.25, -0.2) is 18.5 Å². The van der Waals surface area contributed by atoms with Crippen molar-refractivity contribution in [2.75, 3.05) is 31.2 Å². The van der Waals surface area contributed by atoms with Gasteiger partial charge < -0.3 is 21.1 Å². The Morgan fingerprint density at radius 2 is 1.94 bits per heavy atom. The number of nitrogens with two attached hydrogens (primary N) is 2. The van der Waals surface area contributed by atoms with E-state index >= 15 is 0 Å². The number of ether oxygens (including phenoxy) is 1. The first kappa shape index (κ1) is 22.0. The molecule has 6 N–H and O–H groups in total. The quantitative estimate of drug-likeness (QED) is 0.265. The van der Waals surface area contributed by atoms with Crippen molar-refractivity contribution >= 4 is 49.2 Å². The van der Waals surface area contributed by atoms with Gasteiger partial charge >= 0.3 is 0 Å². The van der Waals surface area contributed by atoms with Crippen molar-refractivity contribution in [1.29, 1.82) is 0 Å². The van der Waals surface area contributed by atoms with Gasteiger partial charge in [-0.15, -0.1) is 5.10 Å². The molecule has 0 aliphatic rings. The first-order valence-electron chi connectivity index (χ1n) is 9.64. The predicted molar refractivity (Wildman–Crippen MR) is 124 cm³/mol. The van der Waals surface area contributed by atoms with Gasteiger partial charge in [0.05, 0.1) is 21.7 Å². The molecule has 0 bridgehead atoms. The zero-order valence-electron chi connectivity index (χ0n) is 17.1. The Hall–Kier alpha value is -3.26. The highest BCUT2D eigenvalue weighted by molar-refractivity contribution is 7.89. The number of nitrogens with zero attached hydrogens (tertiary/aromatic N) is 4. The summed E-state index contributed by atoms with van der Waals surface area (Å²) in [6, 6.07) is 11.6. The van der Waals surface area contributed by atoms with Crippen LogP contribution in [-0.2, 0) is 10.0 Å². The van der Waals surface area contributed by atoms with Gasteiger partial charge in [0, 0.05) is 5.69 Å². The van der Waals surface area contributed by atoms with E-state index in [1.165, 1.54) is 28.2 Å². The van der Waals surface area contributed by atoms with Crippen molar-refractivity contribution in [3.63, 3.8) is 0 Å². The maximum absolute atomic E-state index is 11.4. The van der Waals surface area contributed by atoms with E-state index < -0.39 is 10.0 Å². The van der Waals surface area contributed by atoms with Gasteiger partial charge in [-0.2, -0.15) is 9.67 Å². The van der Waals surface area contributed by atoms with E-state index in [1.54, 1.807) is 12.1 Å². The lowest BCUT2D eigenvalue weighted by molar-refractivity contribution is 0.310. The Balaban J connectivity index is 1.51. The summed E-state index contributed by atoms with van der Waals surface area (Å²) in [4.78, 5) is 8.80. The van der Waals surface area contributed by atoms with Crippen molar-refractivity contribution in [2.45, 2.75) is 11.3 Å². The number of primary sulfonamides is 1. The highest BCUT2D eigenvalue weighted by Crippen LogP contribution is 2.29. The van der Waals surface area contributed by atoms with Gasteiger partial charge in [-0.3, -0.25) is 0 Å². The van der Waals surface area contributed by atoms with Crippen molar-refractivity contribution in [1.82, 2.24) is 25.1 Å². The number of benzene rings is 2. The first-order valence-corrected chi connectivity index (χ1v) is 12.0. The molecule has 0 fully saturated rings. The number of nitrogens with one attached hydrogen (secondary N) is 2. The monoisotopic (exact) mass is 474 g/mol. The van der Waals surface area contributed by atoms with Crippen molar-refractivity contribution < 1.29 is 13.2 Å². The molecule has 0 amide bonds. The third-order valence-electron chi connectivity index (χ3n) is 4.44. The highest BCUT2D eigenvalue weighted by Gasteiger charge is 2.14. The van der Waals surface area contributed by atoms with Crippen LogP contribution in [0.2, 0.25) is 0 Å². The van der Waals surface area contributed by atoms with Crippen molar-refractivity contribution in [3.8, 4) is 10.9 Å². The van der Waals surface area contributed by atoms with Crippen LogP contribution < -0.4 is 26.2 Å². The maximum Gasteiger partial charge on any atom is 0.248 e. The van der Waals surface area contributed by atoms with Crippen molar-refractivity contribution in [3.05, 3.63) is 42.5 Å². The van der Waals surface area contributed by atoms with Gasteiger partial charge in [-0.1, -0.05) is 11.3 Å². The van der Waals surface area contributed by atoms with Gasteiger partial charge in [-0.05, 0) is 62.5 Å². The van der Waals surface area contributed by atoms with Crippen LogP contribution in [0.15, 0.2) is 47.4 Å². The summed E-state index contributed by atoms with van der Waals surface area (Å²) >= 11 is 1.42. The number of sulfonamides is 1. The Labute approximate surface area is 188 Å². The molecule has 0 radical (unpaired) electrons.